The predicted octanol–water partition coefficient (Wildman–Crippen LogP) is -0.0528. The van der Waals surface area contributed by atoms with Crippen LogP contribution in [-0.2, 0) is 18.9 Å². The van der Waals surface area contributed by atoms with Gasteiger partial charge in [0.15, 0.2) is 11.6 Å². The van der Waals surface area contributed by atoms with Gasteiger partial charge in [0, 0.05) is 25.9 Å². The van der Waals surface area contributed by atoms with Gasteiger partial charge in [0.25, 0.3) is 0 Å². The lowest BCUT2D eigenvalue weighted by Crippen LogP contribution is -2.35. The molecule has 0 spiro atoms. The van der Waals surface area contributed by atoms with Crippen molar-refractivity contribution in [1.82, 2.24) is 0 Å². The van der Waals surface area contributed by atoms with Crippen LogP contribution in [0.5, 0.6) is 0 Å². The van der Waals surface area contributed by atoms with Gasteiger partial charge in [-0.05, 0) is 13.8 Å². The fourth-order valence-corrected chi connectivity index (χ4v) is 2.33. The van der Waals surface area contributed by atoms with Crippen LogP contribution in [0.3, 0.4) is 0 Å². The van der Waals surface area contributed by atoms with Gasteiger partial charge in [0.2, 0.25) is 0 Å². The van der Waals surface area contributed by atoms with Gasteiger partial charge in [-0.2, -0.15) is 0 Å². The molecule has 0 radical (unpaired) electrons. The smallest absolute Gasteiger partial charge is 0.166 e. The summed E-state index contributed by atoms with van der Waals surface area (Å²) in [7, 11) is 0. The van der Waals surface area contributed by atoms with Crippen molar-refractivity contribution in [3.8, 4) is 0 Å². The zero-order chi connectivity index (χ0) is 13.2. The summed E-state index contributed by atoms with van der Waals surface area (Å²) < 4.78 is 22.9. The lowest BCUT2D eigenvalue weighted by molar-refractivity contribution is -0.198. The Morgan fingerprint density at radius 2 is 1.28 bits per heavy atom. The first-order valence-corrected chi connectivity index (χ1v) is 6.52. The number of ether oxygens (including phenoxy) is 4. The Morgan fingerprint density at radius 3 is 1.56 bits per heavy atom. The molecule has 0 bridgehead atoms. The van der Waals surface area contributed by atoms with E-state index < -0.39 is 11.6 Å². The van der Waals surface area contributed by atoms with Gasteiger partial charge in [-0.3, -0.25) is 0 Å². The van der Waals surface area contributed by atoms with Crippen LogP contribution in [0.25, 0.3) is 0 Å². The first-order valence-electron chi connectivity index (χ1n) is 6.52. The predicted molar refractivity (Wildman–Crippen MR) is 65.8 cm³/mol. The summed E-state index contributed by atoms with van der Waals surface area (Å²) in [4.78, 5) is 0. The maximum atomic E-state index is 5.77. The van der Waals surface area contributed by atoms with Crippen LogP contribution in [0.4, 0.5) is 0 Å². The number of rotatable bonds is 5. The van der Waals surface area contributed by atoms with E-state index in [-0.39, 0.29) is 12.2 Å². The highest BCUT2D eigenvalue weighted by Gasteiger charge is 2.42. The quantitative estimate of drug-likeness (QED) is 0.720. The molecule has 0 aromatic heterocycles. The van der Waals surface area contributed by atoms with Crippen LogP contribution >= 0.6 is 0 Å². The number of hydrogen-bond donors (Lipinski definition) is 2. The molecule has 0 saturated carbocycles. The minimum absolute atomic E-state index is 0.00925. The lowest BCUT2D eigenvalue weighted by atomic mass is 10.1. The summed E-state index contributed by atoms with van der Waals surface area (Å²) in [6.07, 6.45) is 1.39. The third-order valence-corrected chi connectivity index (χ3v) is 3.54. The van der Waals surface area contributed by atoms with Crippen molar-refractivity contribution < 1.29 is 18.9 Å². The van der Waals surface area contributed by atoms with Gasteiger partial charge in [0.1, 0.15) is 0 Å². The van der Waals surface area contributed by atoms with E-state index in [2.05, 4.69) is 0 Å². The monoisotopic (exact) mass is 260 g/mol. The first-order chi connectivity index (χ1) is 8.49. The molecule has 0 aromatic rings. The summed E-state index contributed by atoms with van der Waals surface area (Å²) in [6, 6.07) is 0. The zero-order valence-corrected chi connectivity index (χ0v) is 11.2. The Kier molecular flexibility index (Phi) is 4.25. The average molecular weight is 260 g/mol. The SMILES string of the molecule is CC1(CCC2(C)OCC(CN)O2)OCC(CN)O1. The highest BCUT2D eigenvalue weighted by atomic mass is 16.8. The molecule has 4 atom stereocenters. The normalized spacial score (nSPS) is 44.7. The van der Waals surface area contributed by atoms with Crippen LogP contribution < -0.4 is 11.5 Å². The van der Waals surface area contributed by atoms with Crippen molar-refractivity contribution in [2.75, 3.05) is 26.3 Å². The Hall–Kier alpha value is -0.240. The van der Waals surface area contributed by atoms with E-state index in [0.29, 0.717) is 39.1 Å². The van der Waals surface area contributed by atoms with E-state index >= 15 is 0 Å². The molecular weight excluding hydrogens is 236 g/mol. The van der Waals surface area contributed by atoms with Crippen LogP contribution in [-0.4, -0.2) is 50.1 Å². The maximum absolute atomic E-state index is 5.77. The molecule has 18 heavy (non-hydrogen) atoms. The molecule has 2 aliphatic heterocycles. The Morgan fingerprint density at radius 1 is 0.889 bits per heavy atom. The Balaban J connectivity index is 1.81. The number of hydrogen-bond acceptors (Lipinski definition) is 6. The first kappa shape index (κ1) is 14.2. The van der Waals surface area contributed by atoms with Crippen molar-refractivity contribution in [3.05, 3.63) is 0 Å². The second kappa shape index (κ2) is 5.40. The standard InChI is InChI=1S/C12H24N2O4/c1-11(15-7-9(5-13)17-11)3-4-12(2)16-8-10(6-14)18-12/h9-10H,3-8,13-14H2,1-2H3. The minimum Gasteiger partial charge on any atom is -0.347 e. The third-order valence-electron chi connectivity index (χ3n) is 3.54. The average Bonchev–Trinajstić information content (AvgIpc) is 2.92. The second-order valence-corrected chi connectivity index (χ2v) is 5.34. The van der Waals surface area contributed by atoms with Gasteiger partial charge in [-0.15, -0.1) is 0 Å². The fourth-order valence-electron chi connectivity index (χ4n) is 2.33. The molecule has 2 heterocycles. The molecule has 0 aromatic carbocycles. The van der Waals surface area contributed by atoms with Gasteiger partial charge < -0.3 is 30.4 Å². The summed E-state index contributed by atoms with van der Waals surface area (Å²) in [6.45, 7) is 5.93. The summed E-state index contributed by atoms with van der Waals surface area (Å²) in [5, 5.41) is 0. The molecule has 2 rings (SSSR count). The van der Waals surface area contributed by atoms with Crippen LogP contribution in [0.15, 0.2) is 0 Å². The summed E-state index contributed by atoms with van der Waals surface area (Å²) in [5.74, 6) is -1.17. The highest BCUT2D eigenvalue weighted by Crippen LogP contribution is 2.34. The molecule has 4 N–H and O–H groups in total. The summed E-state index contributed by atoms with van der Waals surface area (Å²) in [5.41, 5.74) is 11.1. The molecular formula is C12H24N2O4. The van der Waals surface area contributed by atoms with Gasteiger partial charge in [-0.1, -0.05) is 0 Å². The van der Waals surface area contributed by atoms with E-state index in [1.165, 1.54) is 0 Å². The van der Waals surface area contributed by atoms with Crippen LogP contribution in [0, 0.1) is 0 Å². The molecule has 0 amide bonds. The second-order valence-electron chi connectivity index (χ2n) is 5.34. The molecule has 4 unspecified atom stereocenters. The van der Waals surface area contributed by atoms with E-state index in [9.17, 15) is 0 Å². The van der Waals surface area contributed by atoms with Crippen molar-refractivity contribution in [2.45, 2.75) is 50.5 Å². The topological polar surface area (TPSA) is 89.0 Å². The largest absolute Gasteiger partial charge is 0.347 e. The van der Waals surface area contributed by atoms with Gasteiger partial charge >= 0.3 is 0 Å². The van der Waals surface area contributed by atoms with Gasteiger partial charge in [0.05, 0.1) is 25.4 Å². The maximum Gasteiger partial charge on any atom is 0.166 e. The highest BCUT2D eigenvalue weighted by molar-refractivity contribution is 4.81. The Labute approximate surface area is 108 Å². The fraction of sp³-hybridized carbons (Fsp3) is 1.00. The van der Waals surface area contributed by atoms with E-state index in [1.807, 2.05) is 13.8 Å². The Bertz CT molecular complexity index is 263. The molecule has 2 fully saturated rings. The number of nitrogens with two attached hydrogens (primary N) is 2. The minimum atomic E-state index is -0.583. The zero-order valence-electron chi connectivity index (χ0n) is 11.2. The lowest BCUT2D eigenvalue weighted by Gasteiger charge is -2.29. The molecule has 6 heteroatoms. The van der Waals surface area contributed by atoms with Gasteiger partial charge in [-0.25, -0.2) is 0 Å². The third kappa shape index (κ3) is 3.20. The van der Waals surface area contributed by atoms with Crippen LogP contribution in [0.2, 0.25) is 0 Å². The van der Waals surface area contributed by atoms with E-state index in [4.69, 9.17) is 30.4 Å². The van der Waals surface area contributed by atoms with Crippen molar-refractivity contribution >= 4 is 0 Å². The van der Waals surface area contributed by atoms with Crippen molar-refractivity contribution in [2.24, 2.45) is 11.5 Å². The summed E-state index contributed by atoms with van der Waals surface area (Å²) >= 11 is 0. The van der Waals surface area contributed by atoms with E-state index in [1.54, 1.807) is 0 Å². The molecule has 2 saturated heterocycles. The molecule has 2 aliphatic rings. The molecule has 0 aliphatic carbocycles. The van der Waals surface area contributed by atoms with Crippen molar-refractivity contribution in [1.29, 1.82) is 0 Å². The molecule has 106 valence electrons. The van der Waals surface area contributed by atoms with Crippen LogP contribution in [0.1, 0.15) is 26.7 Å². The molecule has 6 nitrogen and oxygen atoms in total. The van der Waals surface area contributed by atoms with E-state index in [0.717, 1.165) is 0 Å². The van der Waals surface area contributed by atoms with Crippen molar-refractivity contribution in [3.63, 3.8) is 0 Å².